The van der Waals surface area contributed by atoms with Gasteiger partial charge in [0.1, 0.15) is 0 Å². The molecule has 5 aromatic rings. The molecule has 0 atom stereocenters. The molecule has 0 unspecified atom stereocenters. The summed E-state index contributed by atoms with van der Waals surface area (Å²) in [5.41, 5.74) is 8.46. The number of aryl methyl sites for hydroxylation is 3. The van der Waals surface area contributed by atoms with Gasteiger partial charge in [0.15, 0.2) is 5.82 Å². The highest BCUT2D eigenvalue weighted by Crippen LogP contribution is 2.39. The number of para-hydroxylation sites is 1. The molecule has 2 aromatic carbocycles. The lowest BCUT2D eigenvalue weighted by molar-refractivity contribution is 0.0997. The molecule has 0 bridgehead atoms. The molecule has 1 saturated carbocycles. The monoisotopic (exact) mass is 518 g/mol. The summed E-state index contributed by atoms with van der Waals surface area (Å²) in [5, 5.41) is 12.3. The number of carbonyl (C=O) groups is 1. The minimum absolute atomic E-state index is 0.0269. The van der Waals surface area contributed by atoms with E-state index >= 15 is 0 Å². The van der Waals surface area contributed by atoms with E-state index in [-0.39, 0.29) is 5.91 Å². The van der Waals surface area contributed by atoms with Crippen molar-refractivity contribution in [1.82, 2.24) is 24.7 Å². The first kappa shape index (κ1) is 23.5. The lowest BCUT2D eigenvalue weighted by atomic mass is 10.1. The topological polar surface area (TPSA) is 104 Å². The summed E-state index contributed by atoms with van der Waals surface area (Å²) in [5.74, 6) is 1.97. The average molecular weight is 519 g/mol. The molecule has 2 aliphatic rings. The van der Waals surface area contributed by atoms with Gasteiger partial charge < -0.3 is 20.5 Å². The van der Waals surface area contributed by atoms with Gasteiger partial charge in [-0.05, 0) is 56.4 Å². The zero-order valence-corrected chi connectivity index (χ0v) is 22.2. The molecule has 3 aromatic heterocycles. The summed E-state index contributed by atoms with van der Waals surface area (Å²) in [6.45, 7) is 5.51. The van der Waals surface area contributed by atoms with Crippen molar-refractivity contribution in [2.24, 2.45) is 13.0 Å². The van der Waals surface area contributed by atoms with E-state index in [0.717, 1.165) is 68.4 Å². The number of nitrogens with one attached hydrogen (secondary N) is 3. The Balaban J connectivity index is 1.22. The Hall–Kier alpha value is -4.66. The van der Waals surface area contributed by atoms with Crippen molar-refractivity contribution < 1.29 is 4.79 Å². The van der Waals surface area contributed by atoms with Crippen LogP contribution in [0.4, 0.5) is 23.1 Å². The van der Waals surface area contributed by atoms with E-state index < -0.39 is 0 Å². The number of rotatable bonds is 7. The number of fused-ring (bicyclic) bond motifs is 2. The van der Waals surface area contributed by atoms with Gasteiger partial charge in [-0.15, -0.1) is 0 Å². The maximum absolute atomic E-state index is 13.6. The van der Waals surface area contributed by atoms with Crippen LogP contribution in [0.1, 0.15) is 40.0 Å². The second-order valence-electron chi connectivity index (χ2n) is 10.6. The van der Waals surface area contributed by atoms with E-state index in [0.29, 0.717) is 18.3 Å². The number of H-pyrrole nitrogens is 1. The molecular weight excluding hydrogens is 488 g/mol. The predicted octanol–water partition coefficient (Wildman–Crippen LogP) is 5.70. The van der Waals surface area contributed by atoms with Crippen LogP contribution in [0.25, 0.3) is 22.2 Å². The molecule has 3 N–H and O–H groups in total. The SMILES string of the molecule is Cc1cnc(Nc2cc(C)n(C)n2)nc1-c1c[nH]c2c(N3Cc4c(NCC5CC5)cccc4C3=O)cccc12. The van der Waals surface area contributed by atoms with Crippen molar-refractivity contribution in [3.63, 3.8) is 0 Å². The molecule has 39 heavy (non-hydrogen) atoms. The van der Waals surface area contributed by atoms with Crippen molar-refractivity contribution in [1.29, 1.82) is 0 Å². The van der Waals surface area contributed by atoms with Crippen LogP contribution in [0.3, 0.4) is 0 Å². The first-order chi connectivity index (χ1) is 19.0. The number of amides is 1. The maximum Gasteiger partial charge on any atom is 0.259 e. The number of hydrogen-bond acceptors (Lipinski definition) is 6. The van der Waals surface area contributed by atoms with Crippen molar-refractivity contribution in [3.05, 3.63) is 77.2 Å². The van der Waals surface area contributed by atoms with Crippen molar-refractivity contribution in [3.8, 4) is 11.3 Å². The summed E-state index contributed by atoms with van der Waals surface area (Å²) in [7, 11) is 1.90. The fraction of sp³-hybridized carbons (Fsp3) is 0.267. The van der Waals surface area contributed by atoms with Crippen LogP contribution in [0.15, 0.2) is 54.9 Å². The largest absolute Gasteiger partial charge is 0.384 e. The number of nitrogens with zero attached hydrogens (tertiary/aromatic N) is 5. The summed E-state index contributed by atoms with van der Waals surface area (Å²) < 4.78 is 1.81. The Morgan fingerprint density at radius 3 is 2.74 bits per heavy atom. The van der Waals surface area contributed by atoms with Gasteiger partial charge in [-0.25, -0.2) is 9.97 Å². The van der Waals surface area contributed by atoms with Crippen molar-refractivity contribution in [2.75, 3.05) is 22.1 Å². The Bertz CT molecular complexity index is 1730. The number of hydrogen-bond donors (Lipinski definition) is 3. The first-order valence-corrected chi connectivity index (χ1v) is 13.4. The first-order valence-electron chi connectivity index (χ1n) is 13.4. The van der Waals surface area contributed by atoms with Gasteiger partial charge in [0.2, 0.25) is 5.95 Å². The molecule has 0 spiro atoms. The van der Waals surface area contributed by atoms with Crippen LogP contribution < -0.4 is 15.5 Å². The summed E-state index contributed by atoms with van der Waals surface area (Å²) in [4.78, 5) is 28.2. The predicted molar refractivity (Wildman–Crippen MR) is 153 cm³/mol. The molecule has 9 heteroatoms. The standard InChI is InChI=1S/C30H30N8O/c1-17-13-33-30(34-26-12-18(2)37(3)36-26)35-27(17)22-15-32-28-20(22)6-5-9-25(28)38-16-23-21(29(38)39)7-4-8-24(23)31-14-19-10-11-19/h4-9,12-13,15,19,31-32H,10-11,14,16H2,1-3H3,(H,33,34,35,36). The zero-order chi connectivity index (χ0) is 26.7. The second kappa shape index (κ2) is 8.97. The van der Waals surface area contributed by atoms with Crippen LogP contribution in [0, 0.1) is 19.8 Å². The number of aromatic nitrogens is 5. The van der Waals surface area contributed by atoms with Gasteiger partial charge in [-0.2, -0.15) is 5.10 Å². The summed E-state index contributed by atoms with van der Waals surface area (Å²) in [6.07, 6.45) is 6.36. The Kier molecular flexibility index (Phi) is 5.40. The van der Waals surface area contributed by atoms with Gasteiger partial charge in [-0.1, -0.05) is 18.2 Å². The molecule has 9 nitrogen and oxygen atoms in total. The Labute approximate surface area is 226 Å². The highest BCUT2D eigenvalue weighted by atomic mass is 16.2. The van der Waals surface area contributed by atoms with E-state index in [4.69, 9.17) is 4.98 Å². The van der Waals surface area contributed by atoms with E-state index in [2.05, 4.69) is 37.8 Å². The lowest BCUT2D eigenvalue weighted by Gasteiger charge is -2.17. The Morgan fingerprint density at radius 1 is 1.10 bits per heavy atom. The molecule has 1 aliphatic carbocycles. The quantitative estimate of drug-likeness (QED) is 0.255. The molecule has 1 aliphatic heterocycles. The third-order valence-electron chi connectivity index (χ3n) is 7.81. The fourth-order valence-electron chi connectivity index (χ4n) is 5.34. The highest BCUT2D eigenvalue weighted by Gasteiger charge is 2.32. The maximum atomic E-state index is 13.6. The van der Waals surface area contributed by atoms with Gasteiger partial charge in [0.25, 0.3) is 5.91 Å². The van der Waals surface area contributed by atoms with E-state index in [9.17, 15) is 4.79 Å². The van der Waals surface area contributed by atoms with E-state index in [1.54, 1.807) is 0 Å². The fourth-order valence-corrected chi connectivity index (χ4v) is 5.34. The number of benzene rings is 2. The smallest absolute Gasteiger partial charge is 0.259 e. The molecule has 1 amide bonds. The van der Waals surface area contributed by atoms with Crippen LogP contribution in [-0.2, 0) is 13.6 Å². The lowest BCUT2D eigenvalue weighted by Crippen LogP contribution is -2.23. The number of aromatic amines is 1. The van der Waals surface area contributed by atoms with Crippen molar-refractivity contribution >= 4 is 40.0 Å². The van der Waals surface area contributed by atoms with Gasteiger partial charge >= 0.3 is 0 Å². The third kappa shape index (κ3) is 4.10. The van der Waals surface area contributed by atoms with Crippen molar-refractivity contribution in [2.45, 2.75) is 33.2 Å². The molecule has 4 heterocycles. The zero-order valence-electron chi connectivity index (χ0n) is 22.2. The van der Waals surface area contributed by atoms with Crippen LogP contribution in [0.5, 0.6) is 0 Å². The molecular formula is C30H30N8O. The molecule has 7 rings (SSSR count). The van der Waals surface area contributed by atoms with Gasteiger partial charge in [-0.3, -0.25) is 9.48 Å². The van der Waals surface area contributed by atoms with Crippen LogP contribution in [0.2, 0.25) is 0 Å². The highest BCUT2D eigenvalue weighted by molar-refractivity contribution is 6.15. The minimum Gasteiger partial charge on any atom is -0.384 e. The normalized spacial score (nSPS) is 14.7. The Morgan fingerprint density at radius 2 is 1.95 bits per heavy atom. The molecule has 0 radical (unpaired) electrons. The second-order valence-corrected chi connectivity index (χ2v) is 10.6. The van der Waals surface area contributed by atoms with E-state index in [1.807, 2.05) is 73.2 Å². The van der Waals surface area contributed by atoms with Gasteiger partial charge in [0, 0.05) is 65.5 Å². The average Bonchev–Trinajstić information content (AvgIpc) is 3.44. The molecule has 196 valence electrons. The van der Waals surface area contributed by atoms with Crippen LogP contribution >= 0.6 is 0 Å². The van der Waals surface area contributed by atoms with Gasteiger partial charge in [0.05, 0.1) is 23.4 Å². The molecule has 0 saturated heterocycles. The summed E-state index contributed by atoms with van der Waals surface area (Å²) in [6, 6.07) is 14.0. The molecule has 1 fully saturated rings. The van der Waals surface area contributed by atoms with Crippen LogP contribution in [-0.4, -0.2) is 37.2 Å². The third-order valence-corrected chi connectivity index (χ3v) is 7.81. The van der Waals surface area contributed by atoms with E-state index in [1.165, 1.54) is 12.8 Å². The number of anilines is 4. The number of carbonyl (C=O) groups excluding carboxylic acids is 1. The minimum atomic E-state index is 0.0269. The summed E-state index contributed by atoms with van der Waals surface area (Å²) >= 11 is 0.